The van der Waals surface area contributed by atoms with E-state index in [-0.39, 0.29) is 23.8 Å². The Hall–Kier alpha value is -3.03. The van der Waals surface area contributed by atoms with Gasteiger partial charge in [-0.1, -0.05) is 25.3 Å². The highest BCUT2D eigenvalue weighted by Crippen LogP contribution is 1.95. The Morgan fingerprint density at radius 2 is 1.25 bits per heavy atom. The summed E-state index contributed by atoms with van der Waals surface area (Å²) in [6.07, 6.45) is 6.76. The van der Waals surface area contributed by atoms with Gasteiger partial charge in [0.1, 0.15) is 11.4 Å². The molecule has 8 heteroatoms. The topological polar surface area (TPSA) is 100 Å². The summed E-state index contributed by atoms with van der Waals surface area (Å²) in [7, 11) is 4.31. The van der Waals surface area contributed by atoms with Crippen LogP contribution < -0.4 is 12.4 Å². The third-order valence-electron chi connectivity index (χ3n) is 3.01. The Kier molecular flexibility index (Phi) is 14.6. The molecule has 0 aromatic carbocycles. The summed E-state index contributed by atoms with van der Waals surface area (Å²) < 4.78 is 0.951. The number of pyridine rings is 2. The number of halogens is 1. The third kappa shape index (κ3) is 13.2. The summed E-state index contributed by atoms with van der Waals surface area (Å²) in [5.74, 6) is -1.98. The lowest BCUT2D eigenvalue weighted by Crippen LogP contribution is -3.00. The van der Waals surface area contributed by atoms with Gasteiger partial charge in [-0.25, -0.2) is 19.6 Å². The van der Waals surface area contributed by atoms with Crippen LogP contribution in [0.4, 0.5) is 0 Å². The SMILES string of the molecule is C=CC[N+](C)(C)CC=C.O=C(O)c1ccccn1.O=C(O)c1ccccn1.[Cl-]. The highest BCUT2D eigenvalue weighted by atomic mass is 35.5. The number of nitrogens with zero attached hydrogens (tertiary/aromatic N) is 3. The number of aromatic nitrogens is 2. The second-order valence-corrected chi connectivity index (χ2v) is 5.92. The lowest BCUT2D eigenvalue weighted by molar-refractivity contribution is -0.878. The van der Waals surface area contributed by atoms with Crippen LogP contribution in [-0.4, -0.2) is 63.8 Å². The average Bonchev–Trinajstić information content (AvgIpc) is 2.64. The van der Waals surface area contributed by atoms with Gasteiger partial charge in [-0.15, -0.1) is 0 Å². The van der Waals surface area contributed by atoms with E-state index in [0.29, 0.717) is 0 Å². The predicted molar refractivity (Wildman–Crippen MR) is 105 cm³/mol. The summed E-state index contributed by atoms with van der Waals surface area (Å²) in [4.78, 5) is 27.4. The minimum Gasteiger partial charge on any atom is -1.00 e. The van der Waals surface area contributed by atoms with Gasteiger partial charge in [-0.05, 0) is 36.4 Å². The maximum Gasteiger partial charge on any atom is 0.354 e. The molecule has 0 bridgehead atoms. The molecule has 0 aliphatic rings. The summed E-state index contributed by atoms with van der Waals surface area (Å²) in [5, 5.41) is 16.6. The van der Waals surface area contributed by atoms with Crippen molar-refractivity contribution in [2.45, 2.75) is 0 Å². The van der Waals surface area contributed by atoms with Crippen molar-refractivity contribution in [1.82, 2.24) is 9.97 Å². The number of carbonyl (C=O) groups is 2. The summed E-state index contributed by atoms with van der Waals surface area (Å²) >= 11 is 0. The van der Waals surface area contributed by atoms with E-state index in [1.165, 1.54) is 24.5 Å². The molecule has 0 atom stereocenters. The van der Waals surface area contributed by atoms with Crippen LogP contribution in [0, 0.1) is 0 Å². The van der Waals surface area contributed by atoms with Crippen molar-refractivity contribution in [2.24, 2.45) is 0 Å². The summed E-state index contributed by atoms with van der Waals surface area (Å²) in [5.41, 5.74) is 0.162. The zero-order valence-corrected chi connectivity index (χ0v) is 16.8. The van der Waals surface area contributed by atoms with Gasteiger partial charge in [-0.2, -0.15) is 0 Å². The van der Waals surface area contributed by atoms with Crippen LogP contribution in [0.1, 0.15) is 21.0 Å². The Morgan fingerprint density at radius 3 is 1.43 bits per heavy atom. The number of likely N-dealkylation sites (N-methyl/N-ethyl adjacent to an activating group) is 1. The van der Waals surface area contributed by atoms with Gasteiger partial charge in [0.25, 0.3) is 0 Å². The van der Waals surface area contributed by atoms with Crippen LogP contribution in [0.15, 0.2) is 74.1 Å². The van der Waals surface area contributed by atoms with Gasteiger partial charge in [0.15, 0.2) is 0 Å². The van der Waals surface area contributed by atoms with E-state index in [1.54, 1.807) is 24.3 Å². The normalized spacial score (nSPS) is 9.21. The lowest BCUT2D eigenvalue weighted by atomic mass is 10.4. The highest BCUT2D eigenvalue weighted by molar-refractivity contribution is 5.85. The van der Waals surface area contributed by atoms with E-state index in [2.05, 4.69) is 37.2 Å². The molecule has 28 heavy (non-hydrogen) atoms. The Morgan fingerprint density at radius 1 is 0.893 bits per heavy atom. The first-order chi connectivity index (χ1) is 12.7. The van der Waals surface area contributed by atoms with Gasteiger partial charge in [-0.3, -0.25) is 0 Å². The number of carboxylic acids is 2. The van der Waals surface area contributed by atoms with Crippen LogP contribution in [0.25, 0.3) is 0 Å². The minimum absolute atomic E-state index is 0. The monoisotopic (exact) mass is 407 g/mol. The van der Waals surface area contributed by atoms with Crippen molar-refractivity contribution in [1.29, 1.82) is 0 Å². The molecular weight excluding hydrogens is 382 g/mol. The first kappa shape index (κ1) is 27.2. The Balaban J connectivity index is 0. The second kappa shape index (κ2) is 15.1. The maximum atomic E-state index is 10.1. The van der Waals surface area contributed by atoms with Crippen molar-refractivity contribution in [3.05, 3.63) is 85.5 Å². The number of quaternary nitrogens is 1. The molecule has 0 spiro atoms. The minimum atomic E-state index is -0.990. The predicted octanol–water partition coefficient (Wildman–Crippen LogP) is -0.00160. The molecule has 2 rings (SSSR count). The molecule has 2 N–H and O–H groups in total. The lowest BCUT2D eigenvalue weighted by Gasteiger charge is -2.26. The molecule has 152 valence electrons. The van der Waals surface area contributed by atoms with E-state index in [4.69, 9.17) is 10.2 Å². The van der Waals surface area contributed by atoms with Crippen LogP contribution >= 0.6 is 0 Å². The second-order valence-electron chi connectivity index (χ2n) is 5.92. The Labute approximate surface area is 171 Å². The van der Waals surface area contributed by atoms with Crippen LogP contribution in [0.3, 0.4) is 0 Å². The molecule has 2 heterocycles. The summed E-state index contributed by atoms with van der Waals surface area (Å²) in [6, 6.07) is 9.51. The highest BCUT2D eigenvalue weighted by Gasteiger charge is 2.07. The third-order valence-corrected chi connectivity index (χ3v) is 3.01. The standard InChI is InChI=1S/C8H16N.2C6H5NO2.ClH/c1-5-7-9(3,4)8-6-2;2*8-6(9)5-3-1-2-4-7-5;/h5-6H,1-2,7-8H2,3-4H3;2*1-4H,(H,8,9);1H/q+1;;;/p-1. The van der Waals surface area contributed by atoms with E-state index in [1.807, 2.05) is 12.2 Å². The molecule has 0 saturated heterocycles. The molecule has 0 amide bonds. The van der Waals surface area contributed by atoms with E-state index in [9.17, 15) is 9.59 Å². The summed E-state index contributed by atoms with van der Waals surface area (Å²) in [6.45, 7) is 9.37. The van der Waals surface area contributed by atoms with Crippen LogP contribution in [0.2, 0.25) is 0 Å². The quantitative estimate of drug-likeness (QED) is 0.516. The first-order valence-corrected chi connectivity index (χ1v) is 8.06. The molecule has 0 unspecified atom stereocenters. The zero-order valence-electron chi connectivity index (χ0n) is 16.0. The van der Waals surface area contributed by atoms with Gasteiger partial charge >= 0.3 is 11.9 Å². The molecular formula is C20H26ClN3O4. The van der Waals surface area contributed by atoms with E-state index < -0.39 is 11.9 Å². The van der Waals surface area contributed by atoms with E-state index >= 15 is 0 Å². The molecule has 7 nitrogen and oxygen atoms in total. The van der Waals surface area contributed by atoms with Crippen molar-refractivity contribution in [3.8, 4) is 0 Å². The zero-order chi connectivity index (χ0) is 20.7. The maximum absolute atomic E-state index is 10.1. The van der Waals surface area contributed by atoms with Crippen molar-refractivity contribution < 1.29 is 36.7 Å². The van der Waals surface area contributed by atoms with Gasteiger partial charge in [0.2, 0.25) is 0 Å². The molecule has 0 fully saturated rings. The van der Waals surface area contributed by atoms with Crippen molar-refractivity contribution in [2.75, 3.05) is 27.2 Å². The van der Waals surface area contributed by atoms with Crippen molar-refractivity contribution in [3.63, 3.8) is 0 Å². The van der Waals surface area contributed by atoms with Gasteiger partial charge in [0, 0.05) is 12.4 Å². The fourth-order valence-corrected chi connectivity index (χ4v) is 1.75. The van der Waals surface area contributed by atoms with Crippen molar-refractivity contribution >= 4 is 11.9 Å². The number of hydrogen-bond donors (Lipinski definition) is 2. The Bertz CT molecular complexity index is 661. The number of carboxylic acid groups (broad SMARTS) is 2. The molecule has 2 aromatic heterocycles. The first-order valence-electron chi connectivity index (χ1n) is 8.06. The fourth-order valence-electron chi connectivity index (χ4n) is 1.75. The number of hydrogen-bond acceptors (Lipinski definition) is 4. The molecule has 0 radical (unpaired) electrons. The molecule has 0 aliphatic carbocycles. The van der Waals surface area contributed by atoms with Gasteiger partial charge < -0.3 is 27.1 Å². The van der Waals surface area contributed by atoms with Gasteiger partial charge in [0.05, 0.1) is 27.2 Å². The number of aromatic carboxylic acids is 2. The molecule has 0 aliphatic heterocycles. The molecule has 0 saturated carbocycles. The van der Waals surface area contributed by atoms with Crippen LogP contribution in [-0.2, 0) is 0 Å². The largest absolute Gasteiger partial charge is 1.00 e. The number of rotatable bonds is 6. The van der Waals surface area contributed by atoms with Crippen LogP contribution in [0.5, 0.6) is 0 Å². The fraction of sp³-hybridized carbons (Fsp3) is 0.200. The molecule has 2 aromatic rings. The van der Waals surface area contributed by atoms with E-state index in [0.717, 1.165) is 17.6 Å². The smallest absolute Gasteiger partial charge is 0.354 e. The average molecular weight is 408 g/mol.